The molecule has 0 radical (unpaired) electrons. The van der Waals surface area contributed by atoms with Gasteiger partial charge in [-0.3, -0.25) is 4.79 Å². The van der Waals surface area contributed by atoms with Gasteiger partial charge in [-0.2, -0.15) is 0 Å². The van der Waals surface area contributed by atoms with Crippen LogP contribution >= 0.6 is 0 Å². The van der Waals surface area contributed by atoms with Gasteiger partial charge in [0.25, 0.3) is 0 Å². The van der Waals surface area contributed by atoms with E-state index in [-0.39, 0.29) is 12.5 Å². The Balaban J connectivity index is 1.61. The van der Waals surface area contributed by atoms with Crippen LogP contribution in [-0.4, -0.2) is 140 Å². The molecule has 0 aliphatic carbocycles. The minimum absolute atomic E-state index is 0.204. The molecule has 2 aliphatic rings. The number of aliphatic hydroxyl groups is 8. The van der Waals surface area contributed by atoms with Crippen molar-refractivity contribution in [1.82, 2.24) is 5.32 Å². The zero-order valence-electron chi connectivity index (χ0n) is 60.9. The highest BCUT2D eigenvalue weighted by Crippen LogP contribution is 2.30. The van der Waals surface area contributed by atoms with Crippen LogP contribution in [0.15, 0.2) is 60.8 Å². The maximum Gasteiger partial charge on any atom is 0.220 e. The third kappa shape index (κ3) is 48.2. The van der Waals surface area contributed by atoms with Crippen LogP contribution in [0, 0.1) is 0 Å². The van der Waals surface area contributed by atoms with Crippen LogP contribution in [-0.2, 0) is 23.7 Å². The molecule has 2 fully saturated rings. The van der Waals surface area contributed by atoms with Gasteiger partial charge in [-0.05, 0) is 57.8 Å². The molecule has 2 saturated heterocycles. The number of hydrogen-bond donors (Lipinski definition) is 9. The van der Waals surface area contributed by atoms with Crippen LogP contribution in [0.25, 0.3) is 0 Å². The molecule has 2 heterocycles. The molecule has 0 spiro atoms. The molecule has 14 heteroatoms. The Morgan fingerprint density at radius 3 is 1.12 bits per heavy atom. The van der Waals surface area contributed by atoms with Gasteiger partial charge >= 0.3 is 0 Å². The molecular weight excluding hydrogens is 1190 g/mol. The van der Waals surface area contributed by atoms with Gasteiger partial charge in [0.1, 0.15) is 48.8 Å². The van der Waals surface area contributed by atoms with Gasteiger partial charge in [0.15, 0.2) is 12.6 Å². The van der Waals surface area contributed by atoms with E-state index in [9.17, 15) is 45.6 Å². The first-order valence-corrected chi connectivity index (χ1v) is 40.0. The highest BCUT2D eigenvalue weighted by atomic mass is 16.7. The summed E-state index contributed by atoms with van der Waals surface area (Å²) in [5, 5.41) is 87.9. The largest absolute Gasteiger partial charge is 0.394 e. The monoisotopic (exact) mass is 1340 g/mol. The second-order valence-electron chi connectivity index (χ2n) is 28.2. The Kier molecular flexibility index (Phi) is 60.8. The van der Waals surface area contributed by atoms with E-state index in [1.807, 2.05) is 0 Å². The Labute approximate surface area is 581 Å². The molecule has 14 nitrogen and oxygen atoms in total. The molecule has 2 aliphatic heterocycles. The summed E-state index contributed by atoms with van der Waals surface area (Å²) in [6.45, 7) is 2.80. The summed E-state index contributed by atoms with van der Waals surface area (Å²) < 4.78 is 23.0. The fourth-order valence-corrected chi connectivity index (χ4v) is 13.2. The minimum Gasteiger partial charge on any atom is -0.394 e. The number of carbonyl (C=O) groups excluding carboxylic acids is 1. The molecule has 95 heavy (non-hydrogen) atoms. The van der Waals surface area contributed by atoms with Crippen molar-refractivity contribution in [3.8, 4) is 0 Å². The molecule has 0 aromatic heterocycles. The number of hydrogen-bond acceptors (Lipinski definition) is 13. The lowest BCUT2D eigenvalue weighted by atomic mass is 9.97. The molecule has 9 N–H and O–H groups in total. The number of allylic oxidation sites excluding steroid dienone is 10. The molecule has 12 unspecified atom stereocenters. The molecular formula is C81H149NO13. The second-order valence-corrected chi connectivity index (χ2v) is 28.2. The zero-order valence-corrected chi connectivity index (χ0v) is 60.9. The first-order valence-electron chi connectivity index (χ1n) is 40.0. The van der Waals surface area contributed by atoms with Crippen molar-refractivity contribution in [2.75, 3.05) is 19.8 Å². The van der Waals surface area contributed by atoms with Crippen LogP contribution in [0.2, 0.25) is 0 Å². The van der Waals surface area contributed by atoms with Crippen molar-refractivity contribution >= 4 is 5.91 Å². The third-order valence-corrected chi connectivity index (χ3v) is 19.5. The summed E-state index contributed by atoms with van der Waals surface area (Å²) in [4.78, 5) is 13.4. The Bertz CT molecular complexity index is 1830. The summed E-state index contributed by atoms with van der Waals surface area (Å²) in [6.07, 6.45) is 71.1. The number of unbranched alkanes of at least 4 members (excludes halogenated alkanes) is 44. The van der Waals surface area contributed by atoms with E-state index in [0.717, 1.165) is 83.5 Å². The van der Waals surface area contributed by atoms with Gasteiger partial charge < -0.3 is 65.1 Å². The number of aliphatic hydroxyl groups excluding tert-OH is 8. The molecule has 556 valence electrons. The zero-order chi connectivity index (χ0) is 68.7. The van der Waals surface area contributed by atoms with Gasteiger partial charge in [-0.25, -0.2) is 0 Å². The first kappa shape index (κ1) is 88.8. The van der Waals surface area contributed by atoms with E-state index >= 15 is 0 Å². The Morgan fingerprint density at radius 1 is 0.389 bits per heavy atom. The standard InChI is InChI=1S/C81H149NO13/c1-3-5-7-9-11-13-15-17-19-21-23-25-27-29-31-33-34-35-37-38-40-42-44-46-48-50-52-54-56-58-60-62-64-70(85)69(68-92-80-78(91)76(89)79(72(67-84)94-80)95-81-77(90)75(88)74(87)71(66-83)93-81)82-73(86)65-63-61-59-57-55-53-51-49-47-45-43-41-39-36-32-30-28-26-24-22-20-18-16-14-12-10-8-6-4-2/h6,8,12,14,18,20,24,26,30,32,69-72,74-81,83-85,87-91H,3-5,7,9-11,13,15-17,19,21-23,25,27-29,31,33-68H2,1-2H3,(H,82,86)/b8-6-,14-12-,20-18-,26-24-,32-30-. The molecule has 12 atom stereocenters. The van der Waals surface area contributed by atoms with Crippen molar-refractivity contribution < 1.29 is 64.6 Å². The van der Waals surface area contributed by atoms with Crippen molar-refractivity contribution in [2.24, 2.45) is 0 Å². The minimum atomic E-state index is -1.79. The van der Waals surface area contributed by atoms with Crippen molar-refractivity contribution in [2.45, 2.75) is 428 Å². The smallest absolute Gasteiger partial charge is 0.220 e. The quantitative estimate of drug-likeness (QED) is 0.0204. The number of ether oxygens (including phenoxy) is 4. The van der Waals surface area contributed by atoms with Crippen molar-refractivity contribution in [3.05, 3.63) is 60.8 Å². The second kappa shape index (κ2) is 65.0. The van der Waals surface area contributed by atoms with E-state index in [2.05, 4.69) is 79.9 Å². The van der Waals surface area contributed by atoms with Crippen LogP contribution in [0.3, 0.4) is 0 Å². The van der Waals surface area contributed by atoms with E-state index < -0.39 is 86.8 Å². The fraction of sp³-hybridized carbons (Fsp3) is 0.864. The molecule has 2 rings (SSSR count). The van der Waals surface area contributed by atoms with Gasteiger partial charge in [0, 0.05) is 6.42 Å². The lowest BCUT2D eigenvalue weighted by Gasteiger charge is -2.46. The summed E-state index contributed by atoms with van der Waals surface area (Å²) in [5.41, 5.74) is 0. The predicted molar refractivity (Wildman–Crippen MR) is 392 cm³/mol. The number of rotatable bonds is 67. The summed E-state index contributed by atoms with van der Waals surface area (Å²) in [6, 6.07) is -0.834. The van der Waals surface area contributed by atoms with Gasteiger partial charge in [-0.15, -0.1) is 0 Å². The fourth-order valence-electron chi connectivity index (χ4n) is 13.2. The summed E-state index contributed by atoms with van der Waals surface area (Å²) >= 11 is 0. The average Bonchev–Trinajstić information content (AvgIpc) is 0.801. The lowest BCUT2D eigenvalue weighted by Crippen LogP contribution is -2.65. The Morgan fingerprint density at radius 2 is 0.726 bits per heavy atom. The van der Waals surface area contributed by atoms with Crippen LogP contribution in [0.4, 0.5) is 0 Å². The van der Waals surface area contributed by atoms with Gasteiger partial charge in [0.2, 0.25) is 5.91 Å². The Hall–Kier alpha value is -2.31. The highest BCUT2D eigenvalue weighted by molar-refractivity contribution is 5.76. The van der Waals surface area contributed by atoms with Crippen LogP contribution in [0.5, 0.6) is 0 Å². The number of amides is 1. The molecule has 0 aromatic rings. The molecule has 0 aromatic carbocycles. The molecule has 0 saturated carbocycles. The van der Waals surface area contributed by atoms with Crippen LogP contribution in [0.1, 0.15) is 354 Å². The normalized spacial score (nSPS) is 22.6. The van der Waals surface area contributed by atoms with E-state index in [4.69, 9.17) is 18.9 Å². The maximum atomic E-state index is 13.4. The average molecular weight is 1350 g/mol. The summed E-state index contributed by atoms with van der Waals surface area (Å²) in [7, 11) is 0. The van der Waals surface area contributed by atoms with E-state index in [1.54, 1.807) is 0 Å². The number of carbonyl (C=O) groups is 1. The first-order chi connectivity index (χ1) is 46.6. The lowest BCUT2D eigenvalue weighted by molar-refractivity contribution is -0.359. The maximum absolute atomic E-state index is 13.4. The SMILES string of the molecule is CC/C=C\C/C=C\C/C=C\C/C=C\C/C=C\CCCCCCCCCCCCCCCC(=O)NC(COC1OC(CO)C(OC2OC(CO)C(O)C(O)C2O)C(O)C1O)C(O)CCCCCCCCCCCCCCCCCCCCCCCCCCCCCCCCCC. The van der Waals surface area contributed by atoms with E-state index in [0.29, 0.717) is 12.8 Å². The van der Waals surface area contributed by atoms with Crippen molar-refractivity contribution in [3.63, 3.8) is 0 Å². The van der Waals surface area contributed by atoms with E-state index in [1.165, 1.54) is 244 Å². The third-order valence-electron chi connectivity index (χ3n) is 19.5. The number of nitrogens with one attached hydrogen (secondary N) is 1. The highest BCUT2D eigenvalue weighted by Gasteiger charge is 2.51. The topological polar surface area (TPSA) is 228 Å². The summed E-state index contributed by atoms with van der Waals surface area (Å²) in [5.74, 6) is -0.204. The predicted octanol–water partition coefficient (Wildman–Crippen LogP) is 18.0. The molecule has 0 bridgehead atoms. The molecule has 1 amide bonds. The van der Waals surface area contributed by atoms with Crippen molar-refractivity contribution in [1.29, 1.82) is 0 Å². The van der Waals surface area contributed by atoms with Gasteiger partial charge in [-0.1, -0.05) is 351 Å². The van der Waals surface area contributed by atoms with Crippen LogP contribution < -0.4 is 5.32 Å². The van der Waals surface area contributed by atoms with Gasteiger partial charge in [0.05, 0.1) is 32.0 Å².